The number of rotatable bonds is 2. The predicted octanol–water partition coefficient (Wildman–Crippen LogP) is 5.94. The summed E-state index contributed by atoms with van der Waals surface area (Å²) < 4.78 is 0. The lowest BCUT2D eigenvalue weighted by Crippen LogP contribution is -2.02. The third-order valence-electron chi connectivity index (χ3n) is 3.49. The first kappa shape index (κ1) is 13.0. The van der Waals surface area contributed by atoms with Gasteiger partial charge in [0.05, 0.1) is 0 Å². The average molecular weight is 286 g/mol. The summed E-state index contributed by atoms with van der Waals surface area (Å²) in [5, 5.41) is 0. The molecule has 0 saturated carbocycles. The first-order chi connectivity index (χ1) is 9.22. The highest BCUT2D eigenvalue weighted by molar-refractivity contribution is 8.06. The minimum absolute atomic E-state index is 0.582. The fourth-order valence-corrected chi connectivity index (χ4v) is 4.39. The summed E-state index contributed by atoms with van der Waals surface area (Å²) in [7, 11) is 0. The molecule has 98 valence electrons. The topological polar surface area (TPSA) is 0 Å². The SMILES string of the molecule is CC1=CCC=C(C2C=CC(c3ccc(C)s3)=CC2)S1. The molecule has 1 aromatic rings. The summed E-state index contributed by atoms with van der Waals surface area (Å²) in [6.45, 7) is 4.38. The van der Waals surface area contributed by atoms with E-state index < -0.39 is 0 Å². The Labute approximate surface area is 123 Å². The highest BCUT2D eigenvalue weighted by atomic mass is 32.2. The molecule has 0 nitrogen and oxygen atoms in total. The molecule has 0 N–H and O–H groups in total. The largest absolute Gasteiger partial charge is 0.141 e. The van der Waals surface area contributed by atoms with Crippen LogP contribution in [-0.4, -0.2) is 0 Å². The number of hydrogen-bond donors (Lipinski definition) is 0. The van der Waals surface area contributed by atoms with Crippen molar-refractivity contribution in [3.8, 4) is 0 Å². The number of hydrogen-bond acceptors (Lipinski definition) is 2. The van der Waals surface area contributed by atoms with Crippen LogP contribution in [0.3, 0.4) is 0 Å². The van der Waals surface area contributed by atoms with Gasteiger partial charge in [-0.1, -0.05) is 42.1 Å². The van der Waals surface area contributed by atoms with Crippen LogP contribution in [0.4, 0.5) is 0 Å². The van der Waals surface area contributed by atoms with Crippen molar-refractivity contribution in [2.24, 2.45) is 5.92 Å². The first-order valence-corrected chi connectivity index (χ1v) is 8.35. The number of thioether (sulfide) groups is 1. The molecule has 0 bridgehead atoms. The third kappa shape index (κ3) is 2.96. The Kier molecular flexibility index (Phi) is 3.81. The lowest BCUT2D eigenvalue weighted by Gasteiger charge is -2.21. The van der Waals surface area contributed by atoms with Gasteiger partial charge in [-0.25, -0.2) is 0 Å². The molecule has 1 aliphatic carbocycles. The van der Waals surface area contributed by atoms with Gasteiger partial charge in [-0.15, -0.1) is 11.3 Å². The van der Waals surface area contributed by atoms with Gasteiger partial charge in [0.1, 0.15) is 0 Å². The summed E-state index contributed by atoms with van der Waals surface area (Å²) in [5.74, 6) is 0.582. The summed E-state index contributed by atoms with van der Waals surface area (Å²) in [6.07, 6.45) is 14.0. The zero-order chi connectivity index (χ0) is 13.2. The smallest absolute Gasteiger partial charge is 0.0342 e. The zero-order valence-corrected chi connectivity index (χ0v) is 13.0. The molecule has 1 aromatic heterocycles. The van der Waals surface area contributed by atoms with E-state index in [0.717, 1.165) is 12.8 Å². The van der Waals surface area contributed by atoms with Crippen molar-refractivity contribution in [2.75, 3.05) is 0 Å². The summed E-state index contributed by atoms with van der Waals surface area (Å²) in [5.41, 5.74) is 1.39. The van der Waals surface area contributed by atoms with Crippen molar-refractivity contribution in [1.29, 1.82) is 0 Å². The molecule has 0 saturated heterocycles. The molecule has 0 fully saturated rings. The summed E-state index contributed by atoms with van der Waals surface area (Å²) >= 11 is 3.82. The van der Waals surface area contributed by atoms with Crippen molar-refractivity contribution in [3.05, 3.63) is 62.1 Å². The van der Waals surface area contributed by atoms with Crippen LogP contribution >= 0.6 is 23.1 Å². The van der Waals surface area contributed by atoms with Gasteiger partial charge in [-0.3, -0.25) is 0 Å². The number of allylic oxidation sites excluding steroid dienone is 8. The molecule has 3 rings (SSSR count). The van der Waals surface area contributed by atoms with Gasteiger partial charge in [0.2, 0.25) is 0 Å². The van der Waals surface area contributed by atoms with E-state index in [0.29, 0.717) is 5.92 Å². The Bertz CT molecular complexity index is 597. The van der Waals surface area contributed by atoms with E-state index in [-0.39, 0.29) is 0 Å². The summed E-state index contributed by atoms with van der Waals surface area (Å²) in [6, 6.07) is 4.44. The van der Waals surface area contributed by atoms with E-state index in [1.54, 1.807) is 0 Å². The quantitative estimate of drug-likeness (QED) is 0.648. The van der Waals surface area contributed by atoms with Crippen molar-refractivity contribution >= 4 is 28.7 Å². The second kappa shape index (κ2) is 5.56. The van der Waals surface area contributed by atoms with Crippen LogP contribution in [0.15, 0.2) is 52.3 Å². The fourth-order valence-electron chi connectivity index (χ4n) is 2.44. The van der Waals surface area contributed by atoms with Crippen LogP contribution in [-0.2, 0) is 0 Å². The molecule has 2 heterocycles. The Morgan fingerprint density at radius 3 is 2.63 bits per heavy atom. The van der Waals surface area contributed by atoms with E-state index in [2.05, 4.69) is 56.4 Å². The van der Waals surface area contributed by atoms with E-state index in [4.69, 9.17) is 0 Å². The molecule has 19 heavy (non-hydrogen) atoms. The minimum Gasteiger partial charge on any atom is -0.141 e. The highest BCUT2D eigenvalue weighted by Gasteiger charge is 2.17. The van der Waals surface area contributed by atoms with E-state index in [1.165, 1.54) is 25.1 Å². The maximum absolute atomic E-state index is 2.39. The average Bonchev–Trinajstić information content (AvgIpc) is 2.86. The fraction of sp³-hybridized carbons (Fsp3) is 0.294. The normalized spacial score (nSPS) is 22.8. The molecule has 2 aliphatic rings. The van der Waals surface area contributed by atoms with Gasteiger partial charge in [-0.05, 0) is 54.2 Å². The Balaban J connectivity index is 1.71. The van der Waals surface area contributed by atoms with Crippen LogP contribution in [0.5, 0.6) is 0 Å². The van der Waals surface area contributed by atoms with Gasteiger partial charge >= 0.3 is 0 Å². The van der Waals surface area contributed by atoms with E-state index in [9.17, 15) is 0 Å². The molecule has 1 aliphatic heterocycles. The second-order valence-electron chi connectivity index (χ2n) is 5.03. The Hall–Kier alpha value is -0.990. The molecular formula is C17H18S2. The molecular weight excluding hydrogens is 268 g/mol. The van der Waals surface area contributed by atoms with Crippen LogP contribution in [0.25, 0.3) is 5.57 Å². The first-order valence-electron chi connectivity index (χ1n) is 6.72. The van der Waals surface area contributed by atoms with Crippen LogP contribution in [0.2, 0.25) is 0 Å². The van der Waals surface area contributed by atoms with Gasteiger partial charge < -0.3 is 0 Å². The molecule has 1 atom stereocenters. The van der Waals surface area contributed by atoms with E-state index in [1.807, 2.05) is 23.1 Å². The standard InChI is InChI=1S/C17H18S2/c1-12-4-3-5-16(18-12)14-7-9-15(10-8-14)17-11-6-13(2)19-17/h4-7,9-11,14H,3,8H2,1-2H3. The van der Waals surface area contributed by atoms with Gasteiger partial charge in [-0.2, -0.15) is 0 Å². The van der Waals surface area contributed by atoms with Crippen molar-refractivity contribution in [2.45, 2.75) is 26.7 Å². The third-order valence-corrected chi connectivity index (χ3v) is 5.74. The maximum Gasteiger partial charge on any atom is 0.0342 e. The Morgan fingerprint density at radius 1 is 1.11 bits per heavy atom. The van der Waals surface area contributed by atoms with Crippen LogP contribution in [0, 0.1) is 12.8 Å². The van der Waals surface area contributed by atoms with E-state index >= 15 is 0 Å². The highest BCUT2D eigenvalue weighted by Crippen LogP contribution is 2.40. The van der Waals surface area contributed by atoms with Crippen molar-refractivity contribution in [3.63, 3.8) is 0 Å². The van der Waals surface area contributed by atoms with Gasteiger partial charge in [0.15, 0.2) is 0 Å². The maximum atomic E-state index is 2.39. The minimum atomic E-state index is 0.582. The van der Waals surface area contributed by atoms with Gasteiger partial charge in [0.25, 0.3) is 0 Å². The predicted molar refractivity (Wildman–Crippen MR) is 88.3 cm³/mol. The lowest BCUT2D eigenvalue weighted by molar-refractivity contribution is 0.807. The molecule has 0 amide bonds. The molecule has 2 heteroatoms. The Morgan fingerprint density at radius 2 is 2.00 bits per heavy atom. The van der Waals surface area contributed by atoms with Gasteiger partial charge in [0, 0.05) is 15.7 Å². The number of thiophene rings is 1. The second-order valence-corrected chi connectivity index (χ2v) is 7.64. The molecule has 1 unspecified atom stereocenters. The molecule has 0 spiro atoms. The summed E-state index contributed by atoms with van der Waals surface area (Å²) in [4.78, 5) is 5.75. The van der Waals surface area contributed by atoms with Crippen LogP contribution in [0.1, 0.15) is 29.5 Å². The van der Waals surface area contributed by atoms with Crippen molar-refractivity contribution in [1.82, 2.24) is 0 Å². The van der Waals surface area contributed by atoms with Crippen LogP contribution < -0.4 is 0 Å². The van der Waals surface area contributed by atoms with Crippen molar-refractivity contribution < 1.29 is 0 Å². The molecule has 0 radical (unpaired) electrons. The monoisotopic (exact) mass is 286 g/mol. The zero-order valence-electron chi connectivity index (χ0n) is 11.3. The number of aryl methyl sites for hydroxylation is 1. The molecule has 0 aromatic carbocycles. The lowest BCUT2D eigenvalue weighted by atomic mass is 9.95.